The van der Waals surface area contributed by atoms with E-state index >= 15 is 0 Å². The Hall–Kier alpha value is -3.75. The van der Waals surface area contributed by atoms with E-state index in [-0.39, 0.29) is 5.75 Å². The molecule has 0 saturated heterocycles. The standard InChI is InChI=1S/C20H17F2N5O.C2H6.CH3F/c1-14(19-8-3-4-9-25-19)26-27(23-2)17-10-16(12-24-13-17)15-6-5-7-18(11-15)28-20(21)22;2*1-2/h3-13,20H,2H2,1H3;1-2H3;1H3/b26-14+;;. The lowest BCUT2D eigenvalue weighted by atomic mass is 10.1. The Morgan fingerprint density at radius 2 is 1.78 bits per heavy atom. The number of anilines is 1. The van der Waals surface area contributed by atoms with Gasteiger partial charge in [0.2, 0.25) is 0 Å². The van der Waals surface area contributed by atoms with Gasteiger partial charge in [-0.3, -0.25) is 14.4 Å². The van der Waals surface area contributed by atoms with Crippen molar-refractivity contribution in [2.24, 2.45) is 10.2 Å². The molecule has 0 bridgehead atoms. The van der Waals surface area contributed by atoms with Crippen LogP contribution < -0.4 is 9.85 Å². The highest BCUT2D eigenvalue weighted by atomic mass is 19.3. The van der Waals surface area contributed by atoms with Crippen molar-refractivity contribution in [2.75, 3.05) is 12.3 Å². The van der Waals surface area contributed by atoms with Crippen LogP contribution >= 0.6 is 0 Å². The number of ether oxygens (including phenoxy) is 1. The average Bonchev–Trinajstić information content (AvgIpc) is 2.85. The van der Waals surface area contributed by atoms with E-state index in [2.05, 4.69) is 31.6 Å². The van der Waals surface area contributed by atoms with Gasteiger partial charge in [-0.2, -0.15) is 24.1 Å². The van der Waals surface area contributed by atoms with Gasteiger partial charge in [0.25, 0.3) is 0 Å². The van der Waals surface area contributed by atoms with Gasteiger partial charge in [0.1, 0.15) is 11.4 Å². The van der Waals surface area contributed by atoms with Crippen LogP contribution in [0.4, 0.5) is 18.9 Å². The largest absolute Gasteiger partial charge is 0.435 e. The Morgan fingerprint density at radius 1 is 1.03 bits per heavy atom. The third-order valence-corrected chi connectivity index (χ3v) is 3.76. The molecule has 0 saturated carbocycles. The van der Waals surface area contributed by atoms with Gasteiger partial charge >= 0.3 is 6.61 Å². The second-order valence-electron chi connectivity index (χ2n) is 5.67. The van der Waals surface area contributed by atoms with Crippen LogP contribution in [-0.2, 0) is 0 Å². The van der Waals surface area contributed by atoms with Crippen LogP contribution in [-0.4, -0.2) is 36.2 Å². The van der Waals surface area contributed by atoms with Gasteiger partial charge in [0, 0.05) is 24.7 Å². The molecule has 9 heteroatoms. The lowest BCUT2D eigenvalue weighted by molar-refractivity contribution is -0.0498. The molecule has 0 aliphatic heterocycles. The molecule has 0 N–H and O–H groups in total. The fourth-order valence-electron chi connectivity index (χ4n) is 2.49. The van der Waals surface area contributed by atoms with E-state index in [9.17, 15) is 13.2 Å². The molecule has 6 nitrogen and oxygen atoms in total. The molecule has 0 spiro atoms. The number of alkyl halides is 3. The first kappa shape index (κ1) is 26.3. The second-order valence-corrected chi connectivity index (χ2v) is 5.67. The van der Waals surface area contributed by atoms with Crippen molar-refractivity contribution >= 4 is 18.1 Å². The monoisotopic (exact) mass is 445 g/mol. The predicted molar refractivity (Wildman–Crippen MR) is 123 cm³/mol. The van der Waals surface area contributed by atoms with Gasteiger partial charge in [-0.25, -0.2) is 0 Å². The number of hydrogen-bond donors (Lipinski definition) is 0. The van der Waals surface area contributed by atoms with Gasteiger partial charge in [-0.05, 0) is 42.8 Å². The summed E-state index contributed by atoms with van der Waals surface area (Å²) in [6.07, 6.45) is 4.87. The highest BCUT2D eigenvalue weighted by Gasteiger charge is 2.10. The number of hydrazone groups is 2. The normalized spacial score (nSPS) is 10.3. The summed E-state index contributed by atoms with van der Waals surface area (Å²) in [5, 5.41) is 9.67. The molecule has 32 heavy (non-hydrogen) atoms. The topological polar surface area (TPSA) is 63.0 Å². The summed E-state index contributed by atoms with van der Waals surface area (Å²) in [5.74, 6) is 0.0700. The number of benzene rings is 1. The smallest absolute Gasteiger partial charge is 0.387 e. The summed E-state index contributed by atoms with van der Waals surface area (Å²) in [4.78, 5) is 8.45. The number of rotatable bonds is 7. The first-order chi connectivity index (χ1) is 15.6. The van der Waals surface area contributed by atoms with Crippen LogP contribution in [0.2, 0.25) is 0 Å². The first-order valence-corrected chi connectivity index (χ1v) is 9.68. The zero-order chi connectivity index (χ0) is 23.9. The Kier molecular flexibility index (Phi) is 11.7. The van der Waals surface area contributed by atoms with Crippen molar-refractivity contribution in [1.82, 2.24) is 9.97 Å². The van der Waals surface area contributed by atoms with Crippen molar-refractivity contribution in [3.63, 3.8) is 0 Å². The van der Waals surface area contributed by atoms with E-state index in [0.29, 0.717) is 35.4 Å². The zero-order valence-electron chi connectivity index (χ0n) is 18.4. The zero-order valence-corrected chi connectivity index (χ0v) is 18.4. The van der Waals surface area contributed by atoms with Gasteiger partial charge < -0.3 is 4.74 Å². The molecule has 2 heterocycles. The summed E-state index contributed by atoms with van der Waals surface area (Å²) in [7, 11) is 0.500. The third-order valence-electron chi connectivity index (χ3n) is 3.76. The fraction of sp³-hybridized carbons (Fsp3) is 0.217. The third kappa shape index (κ3) is 7.82. The van der Waals surface area contributed by atoms with Crippen LogP contribution in [0.25, 0.3) is 11.1 Å². The van der Waals surface area contributed by atoms with E-state index in [1.165, 1.54) is 17.3 Å². The van der Waals surface area contributed by atoms with Crippen molar-refractivity contribution in [3.8, 4) is 16.9 Å². The molecule has 2 aromatic heterocycles. The molecular formula is C23H26F3N5O. The number of pyridine rings is 2. The van der Waals surface area contributed by atoms with E-state index in [4.69, 9.17) is 0 Å². The minimum Gasteiger partial charge on any atom is -0.435 e. The fourth-order valence-corrected chi connectivity index (χ4v) is 2.49. The molecule has 0 unspecified atom stereocenters. The Labute approximate surface area is 186 Å². The molecule has 0 fully saturated rings. The van der Waals surface area contributed by atoms with Gasteiger partial charge in [0.05, 0.1) is 24.8 Å². The van der Waals surface area contributed by atoms with Crippen LogP contribution in [0.3, 0.4) is 0 Å². The van der Waals surface area contributed by atoms with E-state index in [1.807, 2.05) is 39.0 Å². The quantitative estimate of drug-likeness (QED) is 0.321. The Morgan fingerprint density at radius 3 is 2.41 bits per heavy atom. The summed E-state index contributed by atoms with van der Waals surface area (Å²) in [6.45, 7) is 6.47. The highest BCUT2D eigenvalue weighted by molar-refractivity contribution is 5.97. The van der Waals surface area contributed by atoms with Gasteiger partial charge in [0.15, 0.2) is 0 Å². The van der Waals surface area contributed by atoms with Gasteiger partial charge in [-0.1, -0.05) is 32.0 Å². The summed E-state index contributed by atoms with van der Waals surface area (Å²) >= 11 is 0. The molecule has 170 valence electrons. The summed E-state index contributed by atoms with van der Waals surface area (Å²) < 4.78 is 38.9. The van der Waals surface area contributed by atoms with Crippen molar-refractivity contribution in [3.05, 3.63) is 72.8 Å². The molecule has 0 amide bonds. The number of nitrogens with zero attached hydrogens (tertiary/aromatic N) is 5. The molecular weight excluding hydrogens is 419 g/mol. The summed E-state index contributed by atoms with van der Waals surface area (Å²) in [5.41, 5.74) is 3.27. The highest BCUT2D eigenvalue weighted by Crippen LogP contribution is 2.27. The van der Waals surface area contributed by atoms with E-state index < -0.39 is 6.61 Å². The van der Waals surface area contributed by atoms with Gasteiger partial charge in [-0.15, -0.1) is 0 Å². The lowest BCUT2D eigenvalue weighted by Gasteiger charge is -2.14. The van der Waals surface area contributed by atoms with Crippen molar-refractivity contribution < 1.29 is 17.9 Å². The molecule has 0 aliphatic carbocycles. The molecule has 1 aromatic carbocycles. The van der Waals surface area contributed by atoms with Crippen molar-refractivity contribution in [1.29, 1.82) is 0 Å². The average molecular weight is 445 g/mol. The van der Waals surface area contributed by atoms with Crippen molar-refractivity contribution in [2.45, 2.75) is 27.4 Å². The van der Waals surface area contributed by atoms with E-state index in [1.54, 1.807) is 36.8 Å². The predicted octanol–water partition coefficient (Wildman–Crippen LogP) is 6.20. The maximum absolute atomic E-state index is 12.5. The molecule has 3 rings (SSSR count). The minimum atomic E-state index is -2.89. The van der Waals surface area contributed by atoms with E-state index in [0.717, 1.165) is 0 Å². The summed E-state index contributed by atoms with van der Waals surface area (Å²) in [6, 6.07) is 13.7. The minimum absolute atomic E-state index is 0.0700. The molecule has 3 aromatic rings. The number of halogens is 3. The second kappa shape index (κ2) is 14.3. The lowest BCUT2D eigenvalue weighted by Crippen LogP contribution is -2.12. The molecule has 0 atom stereocenters. The maximum Gasteiger partial charge on any atom is 0.387 e. The molecule has 0 aliphatic rings. The SMILES string of the molecule is C=NN(/N=C(\C)c1ccccn1)c1cncc(-c2cccc(OC(F)F)c2)c1.CC.CF. The number of aromatic nitrogens is 2. The molecule has 0 radical (unpaired) electrons. The maximum atomic E-state index is 12.5. The Bertz CT molecular complexity index is 984. The van der Waals surface area contributed by atoms with Crippen LogP contribution in [0, 0.1) is 0 Å². The van der Waals surface area contributed by atoms with Crippen LogP contribution in [0.15, 0.2) is 77.3 Å². The Balaban J connectivity index is 0.00000121. The number of hydrogen-bond acceptors (Lipinski definition) is 6. The first-order valence-electron chi connectivity index (χ1n) is 9.68. The van der Waals surface area contributed by atoms with Crippen LogP contribution in [0.1, 0.15) is 26.5 Å². The van der Waals surface area contributed by atoms with Crippen LogP contribution in [0.5, 0.6) is 5.75 Å².